The van der Waals surface area contributed by atoms with Gasteiger partial charge in [-0.25, -0.2) is 8.42 Å². The first-order chi connectivity index (χ1) is 12.6. The van der Waals surface area contributed by atoms with E-state index in [9.17, 15) is 31.5 Å². The van der Waals surface area contributed by atoms with Gasteiger partial charge >= 0.3 is 6.18 Å². The normalized spacial score (nSPS) is 25.1. The zero-order valence-electron chi connectivity index (χ0n) is 14.1. The van der Waals surface area contributed by atoms with Gasteiger partial charge in [-0.15, -0.1) is 0 Å². The van der Waals surface area contributed by atoms with Crippen molar-refractivity contribution in [1.29, 1.82) is 0 Å². The molecule has 2 aliphatic heterocycles. The minimum Gasteiger partial charge on any atom is -0.362 e. The van der Waals surface area contributed by atoms with Crippen LogP contribution in [0.5, 0.6) is 0 Å². The van der Waals surface area contributed by atoms with E-state index in [4.69, 9.17) is 0 Å². The summed E-state index contributed by atoms with van der Waals surface area (Å²) in [6, 6.07) is 7.77. The van der Waals surface area contributed by atoms with Gasteiger partial charge in [0.15, 0.2) is 0 Å². The van der Waals surface area contributed by atoms with Gasteiger partial charge in [0.2, 0.25) is 15.9 Å². The van der Waals surface area contributed by atoms with Crippen molar-refractivity contribution in [3.63, 3.8) is 0 Å². The molecule has 27 heavy (non-hydrogen) atoms. The summed E-state index contributed by atoms with van der Waals surface area (Å²) in [5.41, 5.74) is -3.35. The van der Waals surface area contributed by atoms with Crippen LogP contribution in [0, 0.1) is 5.92 Å². The van der Waals surface area contributed by atoms with Crippen LogP contribution in [0.1, 0.15) is 19.3 Å². The number of amides is 1. The number of piperidine rings is 1. The number of carbonyl (C=O) groups is 1. The number of halogens is 3. The number of sulfonamides is 1. The molecule has 2 aliphatic rings. The Hall–Kier alpha value is -1.98. The maximum absolute atomic E-state index is 13.1. The summed E-state index contributed by atoms with van der Waals surface area (Å²) in [7, 11) is -3.73. The van der Waals surface area contributed by atoms with Crippen LogP contribution in [0.25, 0.3) is 0 Å². The molecule has 1 saturated heterocycles. The van der Waals surface area contributed by atoms with E-state index in [-0.39, 0.29) is 35.8 Å². The van der Waals surface area contributed by atoms with E-state index in [1.54, 1.807) is 18.2 Å². The quantitative estimate of drug-likeness (QED) is 0.826. The van der Waals surface area contributed by atoms with E-state index in [1.807, 2.05) is 0 Å². The van der Waals surface area contributed by atoms with Crippen LogP contribution in [0.2, 0.25) is 0 Å². The van der Waals surface area contributed by atoms with Gasteiger partial charge in [-0.3, -0.25) is 4.79 Å². The first kappa shape index (κ1) is 19.8. The Labute approximate surface area is 154 Å². The van der Waals surface area contributed by atoms with E-state index in [0.29, 0.717) is 0 Å². The number of rotatable bonds is 3. The molecule has 148 valence electrons. The maximum Gasteiger partial charge on any atom is 0.438 e. The highest BCUT2D eigenvalue weighted by molar-refractivity contribution is 7.89. The van der Waals surface area contributed by atoms with Crippen molar-refractivity contribution in [1.82, 2.24) is 9.31 Å². The minimum atomic E-state index is -5.05. The Morgan fingerprint density at radius 1 is 1.19 bits per heavy atom. The van der Waals surface area contributed by atoms with Crippen LogP contribution in [0.4, 0.5) is 13.2 Å². The third-order valence-corrected chi connectivity index (χ3v) is 6.68. The molecule has 0 aromatic heterocycles. The number of aliphatic hydroxyl groups is 1. The standard InChI is InChI=1S/C16H18F3N3O4S/c17-16(18,19)15(24)8-9-20-22(15)14(23)12-6-10-21(11-7-12)27(25,26)13-4-2-1-3-5-13/h1-5,9,12,24H,6-8,10-11H2. The number of nitrogens with zero attached hydrogens (tertiary/aromatic N) is 3. The highest BCUT2D eigenvalue weighted by Crippen LogP contribution is 2.40. The van der Waals surface area contributed by atoms with Crippen molar-refractivity contribution in [2.45, 2.75) is 36.1 Å². The van der Waals surface area contributed by atoms with Gasteiger partial charge < -0.3 is 5.11 Å². The zero-order chi connectivity index (χ0) is 19.9. The first-order valence-corrected chi connectivity index (χ1v) is 9.72. The lowest BCUT2D eigenvalue weighted by Gasteiger charge is -2.36. The van der Waals surface area contributed by atoms with Crippen LogP contribution in [-0.4, -0.2) is 60.0 Å². The van der Waals surface area contributed by atoms with Crippen LogP contribution in [0.15, 0.2) is 40.3 Å². The molecular formula is C16H18F3N3O4S. The molecule has 2 heterocycles. The van der Waals surface area contributed by atoms with Crippen LogP contribution < -0.4 is 0 Å². The van der Waals surface area contributed by atoms with Crippen LogP contribution in [0.3, 0.4) is 0 Å². The number of alkyl halides is 3. The highest BCUT2D eigenvalue weighted by Gasteiger charge is 2.62. The molecular weight excluding hydrogens is 387 g/mol. The number of hydrogen-bond donors (Lipinski definition) is 1. The third-order valence-electron chi connectivity index (χ3n) is 4.77. The van der Waals surface area contributed by atoms with Gasteiger partial charge in [0, 0.05) is 31.6 Å². The van der Waals surface area contributed by atoms with E-state index in [0.717, 1.165) is 6.21 Å². The molecule has 11 heteroatoms. The molecule has 1 aromatic carbocycles. The van der Waals surface area contributed by atoms with Crippen LogP contribution >= 0.6 is 0 Å². The van der Waals surface area contributed by atoms with Crippen molar-refractivity contribution >= 4 is 22.1 Å². The Morgan fingerprint density at radius 3 is 2.33 bits per heavy atom. The van der Waals surface area contributed by atoms with Crippen molar-refractivity contribution in [2.24, 2.45) is 11.0 Å². The zero-order valence-corrected chi connectivity index (χ0v) is 14.9. The van der Waals surface area contributed by atoms with Gasteiger partial charge in [0.25, 0.3) is 5.72 Å². The summed E-state index contributed by atoms with van der Waals surface area (Å²) in [6.07, 6.45) is -4.93. The average molecular weight is 405 g/mol. The number of hydrazone groups is 1. The fraction of sp³-hybridized carbons (Fsp3) is 0.500. The molecule has 0 bridgehead atoms. The largest absolute Gasteiger partial charge is 0.438 e. The Morgan fingerprint density at radius 2 is 1.78 bits per heavy atom. The second-order valence-electron chi connectivity index (χ2n) is 6.46. The van der Waals surface area contributed by atoms with Crippen molar-refractivity contribution in [3.05, 3.63) is 30.3 Å². The van der Waals surface area contributed by atoms with Gasteiger partial charge in [-0.05, 0) is 25.0 Å². The van der Waals surface area contributed by atoms with Gasteiger partial charge in [0.1, 0.15) is 0 Å². The summed E-state index contributed by atoms with van der Waals surface area (Å²) >= 11 is 0. The second kappa shape index (κ2) is 6.88. The molecule has 1 atom stereocenters. The van der Waals surface area contributed by atoms with Crippen LogP contribution in [-0.2, 0) is 14.8 Å². The fourth-order valence-corrected chi connectivity index (χ4v) is 4.66. The summed E-state index contributed by atoms with van der Waals surface area (Å²) in [6.45, 7) is -0.00866. The smallest absolute Gasteiger partial charge is 0.362 e. The van der Waals surface area contributed by atoms with E-state index >= 15 is 0 Å². The first-order valence-electron chi connectivity index (χ1n) is 8.28. The predicted octanol–water partition coefficient (Wildman–Crippen LogP) is 1.56. The molecule has 3 rings (SSSR count). The molecule has 1 unspecified atom stereocenters. The summed E-state index contributed by atoms with van der Waals surface area (Å²) in [5, 5.41) is 13.4. The monoisotopic (exact) mass is 405 g/mol. The third kappa shape index (κ3) is 3.46. The molecule has 0 radical (unpaired) electrons. The van der Waals surface area contributed by atoms with Gasteiger partial charge in [-0.2, -0.15) is 27.6 Å². The molecule has 0 aliphatic carbocycles. The number of benzene rings is 1. The molecule has 1 aromatic rings. The summed E-state index contributed by atoms with van der Waals surface area (Å²) in [4.78, 5) is 12.6. The molecule has 1 N–H and O–H groups in total. The lowest BCUT2D eigenvalue weighted by Crippen LogP contribution is -2.58. The second-order valence-corrected chi connectivity index (χ2v) is 8.40. The van der Waals surface area contributed by atoms with E-state index in [1.165, 1.54) is 16.4 Å². The number of carbonyl (C=O) groups excluding carboxylic acids is 1. The Kier molecular flexibility index (Phi) is 5.04. The number of hydrogen-bond acceptors (Lipinski definition) is 5. The lowest BCUT2D eigenvalue weighted by atomic mass is 9.96. The SMILES string of the molecule is O=C(C1CCN(S(=O)(=O)c2ccccc2)CC1)N1N=CCC1(O)C(F)(F)F. The minimum absolute atomic E-state index is 0.00433. The topological polar surface area (TPSA) is 90.3 Å². The average Bonchev–Trinajstić information content (AvgIpc) is 3.05. The predicted molar refractivity (Wildman–Crippen MR) is 88.9 cm³/mol. The molecule has 1 fully saturated rings. The van der Waals surface area contributed by atoms with Crippen molar-refractivity contribution < 1.29 is 31.5 Å². The highest BCUT2D eigenvalue weighted by atomic mass is 32.2. The molecule has 1 amide bonds. The van der Waals surface area contributed by atoms with Crippen molar-refractivity contribution in [2.75, 3.05) is 13.1 Å². The fourth-order valence-electron chi connectivity index (χ4n) is 3.16. The molecule has 0 spiro atoms. The lowest BCUT2D eigenvalue weighted by molar-refractivity contribution is -0.303. The molecule has 7 nitrogen and oxygen atoms in total. The van der Waals surface area contributed by atoms with E-state index in [2.05, 4.69) is 5.10 Å². The van der Waals surface area contributed by atoms with Crippen molar-refractivity contribution in [3.8, 4) is 0 Å². The molecule has 0 saturated carbocycles. The maximum atomic E-state index is 13.1. The summed E-state index contributed by atoms with van der Waals surface area (Å²) < 4.78 is 65.7. The Balaban J connectivity index is 1.69. The van der Waals surface area contributed by atoms with E-state index < -0.39 is 40.2 Å². The Bertz CT molecular complexity index is 836. The summed E-state index contributed by atoms with van der Waals surface area (Å²) in [5.74, 6) is -1.81. The van der Waals surface area contributed by atoms with Gasteiger partial charge in [-0.1, -0.05) is 18.2 Å². The van der Waals surface area contributed by atoms with Gasteiger partial charge in [0.05, 0.1) is 4.90 Å².